The van der Waals surface area contributed by atoms with Crippen molar-refractivity contribution < 1.29 is 14.0 Å². The number of nitrogens with one attached hydrogen (secondary N) is 1. The second-order valence-electron chi connectivity index (χ2n) is 9.36. The highest BCUT2D eigenvalue weighted by Crippen LogP contribution is 2.33. The minimum absolute atomic E-state index is 0.136. The number of fused-ring (bicyclic) bond motifs is 1. The quantitative estimate of drug-likeness (QED) is 0.429. The van der Waals surface area contributed by atoms with Gasteiger partial charge in [0.2, 0.25) is 5.91 Å². The molecule has 0 aromatic heterocycles. The van der Waals surface area contributed by atoms with E-state index in [0.29, 0.717) is 34.1 Å². The molecule has 0 fully saturated rings. The molecular weight excluding hydrogens is 491 g/mol. The molecule has 192 valence electrons. The standard InChI is InChI=1S/C29H30ClFN4O2/c1-5-18(2)27-29(37)35(17-26(36)32-20-11-13-21(14-12-20)34(3)4)25-15-10-19(30)16-23(25)28(33-27)22-8-6-7-9-24(22)31/h6-16,18,27H,5,17H2,1-4H3,(H,32,36)/t18-,27+/m0/s1. The highest BCUT2D eigenvalue weighted by molar-refractivity contribution is 6.32. The van der Waals surface area contributed by atoms with Gasteiger partial charge in [0.25, 0.3) is 5.91 Å². The van der Waals surface area contributed by atoms with Crippen molar-refractivity contribution in [1.29, 1.82) is 0 Å². The van der Waals surface area contributed by atoms with Crippen LogP contribution in [0.25, 0.3) is 0 Å². The first-order chi connectivity index (χ1) is 17.7. The van der Waals surface area contributed by atoms with Crippen LogP contribution in [0.5, 0.6) is 0 Å². The summed E-state index contributed by atoms with van der Waals surface area (Å²) < 4.78 is 15.0. The monoisotopic (exact) mass is 520 g/mol. The first kappa shape index (κ1) is 26.4. The highest BCUT2D eigenvalue weighted by atomic mass is 35.5. The molecule has 3 aromatic rings. The van der Waals surface area contributed by atoms with Crippen molar-refractivity contribution in [2.45, 2.75) is 26.3 Å². The fourth-order valence-electron chi connectivity index (χ4n) is 4.29. The van der Waals surface area contributed by atoms with Gasteiger partial charge < -0.3 is 15.1 Å². The number of aliphatic imine (C=N–C) groups is 1. The number of halogens is 2. The van der Waals surface area contributed by atoms with E-state index < -0.39 is 11.9 Å². The Balaban J connectivity index is 1.75. The summed E-state index contributed by atoms with van der Waals surface area (Å²) in [6, 6.07) is 18.0. The summed E-state index contributed by atoms with van der Waals surface area (Å²) in [4.78, 5) is 35.2. The minimum atomic E-state index is -0.794. The summed E-state index contributed by atoms with van der Waals surface area (Å²) in [6.45, 7) is 3.67. The molecule has 2 atom stereocenters. The van der Waals surface area contributed by atoms with Crippen LogP contribution in [0.1, 0.15) is 31.4 Å². The van der Waals surface area contributed by atoms with Crippen molar-refractivity contribution >= 4 is 46.2 Å². The zero-order chi connectivity index (χ0) is 26.7. The first-order valence-corrected chi connectivity index (χ1v) is 12.6. The third-order valence-corrected chi connectivity index (χ3v) is 6.81. The van der Waals surface area contributed by atoms with E-state index >= 15 is 0 Å². The maximum Gasteiger partial charge on any atom is 0.252 e. The van der Waals surface area contributed by atoms with E-state index in [1.54, 1.807) is 36.4 Å². The van der Waals surface area contributed by atoms with Gasteiger partial charge in [-0.05, 0) is 60.5 Å². The van der Waals surface area contributed by atoms with Gasteiger partial charge in [0, 0.05) is 41.6 Å². The molecule has 1 N–H and O–H groups in total. The number of hydrogen-bond acceptors (Lipinski definition) is 4. The van der Waals surface area contributed by atoms with Crippen LogP contribution in [-0.2, 0) is 9.59 Å². The molecule has 0 radical (unpaired) electrons. The number of anilines is 3. The largest absolute Gasteiger partial charge is 0.378 e. The van der Waals surface area contributed by atoms with Gasteiger partial charge in [-0.3, -0.25) is 14.6 Å². The zero-order valence-corrected chi connectivity index (χ0v) is 22.1. The Kier molecular flexibility index (Phi) is 7.93. The van der Waals surface area contributed by atoms with Crippen LogP contribution in [0, 0.1) is 11.7 Å². The van der Waals surface area contributed by atoms with E-state index in [4.69, 9.17) is 16.6 Å². The smallest absolute Gasteiger partial charge is 0.252 e. The molecule has 1 aliphatic rings. The van der Waals surface area contributed by atoms with Crippen molar-refractivity contribution in [1.82, 2.24) is 0 Å². The van der Waals surface area contributed by atoms with Crippen LogP contribution in [-0.4, -0.2) is 44.2 Å². The summed E-state index contributed by atoms with van der Waals surface area (Å²) in [5.41, 5.74) is 3.20. The van der Waals surface area contributed by atoms with E-state index in [2.05, 4.69) is 5.32 Å². The molecule has 0 spiro atoms. The van der Waals surface area contributed by atoms with Gasteiger partial charge >= 0.3 is 0 Å². The molecule has 3 aromatic carbocycles. The number of benzodiazepines with no additional fused rings is 1. The molecule has 2 amide bonds. The Hall–Kier alpha value is -3.71. The van der Waals surface area contributed by atoms with Gasteiger partial charge in [-0.2, -0.15) is 0 Å². The van der Waals surface area contributed by atoms with E-state index in [0.717, 1.165) is 5.69 Å². The molecule has 0 saturated carbocycles. The third kappa shape index (κ3) is 5.67. The molecule has 37 heavy (non-hydrogen) atoms. The van der Waals surface area contributed by atoms with Crippen LogP contribution in [0.4, 0.5) is 21.5 Å². The van der Waals surface area contributed by atoms with Gasteiger partial charge in [-0.25, -0.2) is 4.39 Å². The molecule has 0 bridgehead atoms. The fourth-order valence-corrected chi connectivity index (χ4v) is 4.46. The highest BCUT2D eigenvalue weighted by Gasteiger charge is 2.36. The van der Waals surface area contributed by atoms with Crippen molar-refractivity contribution in [2.24, 2.45) is 10.9 Å². The maximum absolute atomic E-state index is 15.0. The minimum Gasteiger partial charge on any atom is -0.378 e. The van der Waals surface area contributed by atoms with Crippen LogP contribution in [0.2, 0.25) is 5.02 Å². The van der Waals surface area contributed by atoms with Gasteiger partial charge in [0.1, 0.15) is 18.4 Å². The molecule has 0 aliphatic carbocycles. The molecular formula is C29H30ClFN4O2. The summed E-state index contributed by atoms with van der Waals surface area (Å²) in [6.07, 6.45) is 0.680. The van der Waals surface area contributed by atoms with Crippen LogP contribution in [0.3, 0.4) is 0 Å². The van der Waals surface area contributed by atoms with E-state index in [-0.39, 0.29) is 29.8 Å². The van der Waals surface area contributed by atoms with Crippen molar-refractivity contribution in [3.05, 3.63) is 88.7 Å². The Morgan fingerprint density at radius 2 is 1.81 bits per heavy atom. The Labute approximate surface area is 221 Å². The van der Waals surface area contributed by atoms with Crippen LogP contribution >= 0.6 is 11.6 Å². The summed E-state index contributed by atoms with van der Waals surface area (Å²) in [5, 5.41) is 3.29. The summed E-state index contributed by atoms with van der Waals surface area (Å²) in [7, 11) is 3.88. The number of rotatable bonds is 7. The molecule has 1 aliphatic heterocycles. The van der Waals surface area contributed by atoms with Crippen molar-refractivity contribution in [3.63, 3.8) is 0 Å². The molecule has 8 heteroatoms. The average Bonchev–Trinajstić information content (AvgIpc) is 2.99. The topological polar surface area (TPSA) is 65.0 Å². The second-order valence-corrected chi connectivity index (χ2v) is 9.80. The van der Waals surface area contributed by atoms with Crippen molar-refractivity contribution in [3.8, 4) is 0 Å². The maximum atomic E-state index is 15.0. The number of carbonyl (C=O) groups is 2. The van der Waals surface area contributed by atoms with Gasteiger partial charge in [0.15, 0.2) is 0 Å². The lowest BCUT2D eigenvalue weighted by Crippen LogP contribution is -2.44. The number of hydrogen-bond donors (Lipinski definition) is 1. The molecule has 4 rings (SSSR count). The number of nitrogens with zero attached hydrogens (tertiary/aromatic N) is 3. The van der Waals surface area contributed by atoms with Gasteiger partial charge in [-0.15, -0.1) is 0 Å². The molecule has 1 heterocycles. The normalized spacial score (nSPS) is 15.9. The second kappa shape index (κ2) is 11.1. The zero-order valence-electron chi connectivity index (χ0n) is 21.3. The third-order valence-electron chi connectivity index (χ3n) is 6.57. The molecule has 0 saturated heterocycles. The van der Waals surface area contributed by atoms with Crippen LogP contribution in [0.15, 0.2) is 71.7 Å². The predicted molar refractivity (Wildman–Crippen MR) is 148 cm³/mol. The Morgan fingerprint density at radius 1 is 1.11 bits per heavy atom. The van der Waals surface area contributed by atoms with E-state index in [9.17, 15) is 14.0 Å². The van der Waals surface area contributed by atoms with E-state index in [1.165, 1.54) is 11.0 Å². The van der Waals surface area contributed by atoms with Crippen LogP contribution < -0.4 is 15.1 Å². The van der Waals surface area contributed by atoms with Gasteiger partial charge in [0.05, 0.1) is 11.4 Å². The SMILES string of the molecule is CC[C@H](C)[C@H]1N=C(c2ccccc2F)c2cc(Cl)ccc2N(CC(=O)Nc2ccc(N(C)C)cc2)C1=O. The summed E-state index contributed by atoms with van der Waals surface area (Å²) >= 11 is 6.35. The Bertz CT molecular complexity index is 1340. The summed E-state index contributed by atoms with van der Waals surface area (Å²) in [5.74, 6) is -1.26. The number of amides is 2. The molecule has 6 nitrogen and oxygen atoms in total. The fraction of sp³-hybridized carbons (Fsp3) is 0.276. The van der Waals surface area contributed by atoms with Crippen molar-refractivity contribution in [2.75, 3.05) is 35.8 Å². The lowest BCUT2D eigenvalue weighted by molar-refractivity contribution is -0.123. The van der Waals surface area contributed by atoms with E-state index in [1.807, 2.05) is 57.1 Å². The predicted octanol–water partition coefficient (Wildman–Crippen LogP) is 5.78. The number of carbonyl (C=O) groups excluding carboxylic acids is 2. The lowest BCUT2D eigenvalue weighted by atomic mass is 9.97. The molecule has 0 unspecified atom stereocenters. The average molecular weight is 521 g/mol. The number of benzene rings is 3. The Morgan fingerprint density at radius 3 is 2.46 bits per heavy atom. The first-order valence-electron chi connectivity index (χ1n) is 12.2. The lowest BCUT2D eigenvalue weighted by Gasteiger charge is -2.26. The van der Waals surface area contributed by atoms with Gasteiger partial charge in [-0.1, -0.05) is 44.0 Å².